The molecule has 0 bridgehead atoms. The maximum absolute atomic E-state index is 12.3. The predicted molar refractivity (Wildman–Crippen MR) is 77.6 cm³/mol. The minimum Gasteiger partial charge on any atom is -0.353 e. The summed E-state index contributed by atoms with van der Waals surface area (Å²) in [5.74, 6) is 0.760. The van der Waals surface area contributed by atoms with E-state index in [1.165, 1.54) is 5.56 Å². The molecule has 1 unspecified atom stereocenters. The van der Waals surface area contributed by atoms with Crippen LogP contribution in [0.2, 0.25) is 0 Å². The van der Waals surface area contributed by atoms with Crippen LogP contribution in [0.25, 0.3) is 0 Å². The van der Waals surface area contributed by atoms with E-state index >= 15 is 0 Å². The summed E-state index contributed by atoms with van der Waals surface area (Å²) in [5, 5.41) is 3.12. The first kappa shape index (κ1) is 14.1. The largest absolute Gasteiger partial charge is 0.353 e. The zero-order valence-electron chi connectivity index (χ0n) is 11.9. The number of carbonyl (C=O) groups excluding carboxylic acids is 1. The lowest BCUT2D eigenvalue weighted by Crippen LogP contribution is -2.55. The minimum absolute atomic E-state index is 0.136. The maximum atomic E-state index is 12.3. The van der Waals surface area contributed by atoms with Gasteiger partial charge >= 0.3 is 0 Å². The second kappa shape index (κ2) is 5.74. The SMILES string of the molecule is CC1CC(CN)(C(=O)NC(C)Cc2ccccc2)C1. The molecule has 1 aromatic carbocycles. The fourth-order valence-electron chi connectivity index (χ4n) is 3.11. The Balaban J connectivity index is 1.88. The molecule has 1 aliphatic carbocycles. The van der Waals surface area contributed by atoms with Crippen LogP contribution in [0.1, 0.15) is 32.3 Å². The summed E-state index contributed by atoms with van der Waals surface area (Å²) in [4.78, 5) is 12.3. The summed E-state index contributed by atoms with van der Waals surface area (Å²) in [5.41, 5.74) is 6.75. The third kappa shape index (κ3) is 3.16. The van der Waals surface area contributed by atoms with Crippen molar-refractivity contribution < 1.29 is 4.79 Å². The van der Waals surface area contributed by atoms with E-state index in [9.17, 15) is 4.79 Å². The molecule has 19 heavy (non-hydrogen) atoms. The molecule has 0 radical (unpaired) electrons. The van der Waals surface area contributed by atoms with Crippen LogP contribution in [0.3, 0.4) is 0 Å². The molecule has 1 aromatic rings. The van der Waals surface area contributed by atoms with Crippen molar-refractivity contribution in [3.63, 3.8) is 0 Å². The van der Waals surface area contributed by atoms with E-state index in [0.717, 1.165) is 19.3 Å². The third-order valence-electron chi connectivity index (χ3n) is 4.11. The summed E-state index contributed by atoms with van der Waals surface area (Å²) in [7, 11) is 0. The minimum atomic E-state index is -0.301. The lowest BCUT2D eigenvalue weighted by molar-refractivity contribution is -0.138. The molecular weight excluding hydrogens is 236 g/mol. The molecule has 0 heterocycles. The van der Waals surface area contributed by atoms with Crippen molar-refractivity contribution in [1.82, 2.24) is 5.32 Å². The first-order valence-corrected chi connectivity index (χ1v) is 7.11. The van der Waals surface area contributed by atoms with Crippen LogP contribution in [0.15, 0.2) is 30.3 Å². The highest BCUT2D eigenvalue weighted by Crippen LogP contribution is 2.44. The number of amides is 1. The van der Waals surface area contributed by atoms with Gasteiger partial charge in [-0.15, -0.1) is 0 Å². The highest BCUT2D eigenvalue weighted by atomic mass is 16.2. The number of carbonyl (C=O) groups is 1. The van der Waals surface area contributed by atoms with E-state index < -0.39 is 0 Å². The molecule has 0 spiro atoms. The van der Waals surface area contributed by atoms with Crippen LogP contribution in [0.5, 0.6) is 0 Å². The van der Waals surface area contributed by atoms with Gasteiger partial charge in [-0.2, -0.15) is 0 Å². The second-order valence-electron chi connectivity index (χ2n) is 6.06. The van der Waals surface area contributed by atoms with Crippen molar-refractivity contribution in [3.8, 4) is 0 Å². The molecular formula is C16H24N2O. The van der Waals surface area contributed by atoms with Gasteiger partial charge in [-0.3, -0.25) is 4.79 Å². The first-order valence-electron chi connectivity index (χ1n) is 7.11. The Morgan fingerprint density at radius 1 is 1.42 bits per heavy atom. The summed E-state index contributed by atoms with van der Waals surface area (Å²) in [6, 6.07) is 10.4. The van der Waals surface area contributed by atoms with Crippen molar-refractivity contribution in [3.05, 3.63) is 35.9 Å². The molecule has 0 aromatic heterocycles. The number of rotatable bonds is 5. The van der Waals surface area contributed by atoms with Gasteiger partial charge in [0.2, 0.25) is 5.91 Å². The molecule has 0 aliphatic heterocycles. The third-order valence-corrected chi connectivity index (χ3v) is 4.11. The van der Waals surface area contributed by atoms with Crippen LogP contribution in [-0.2, 0) is 11.2 Å². The summed E-state index contributed by atoms with van der Waals surface area (Å²) in [6.07, 6.45) is 2.71. The fourth-order valence-corrected chi connectivity index (χ4v) is 3.11. The molecule has 1 fully saturated rings. The van der Waals surface area contributed by atoms with Crippen molar-refractivity contribution >= 4 is 5.91 Å². The molecule has 1 atom stereocenters. The maximum Gasteiger partial charge on any atom is 0.227 e. The Hall–Kier alpha value is -1.35. The van der Waals surface area contributed by atoms with Crippen LogP contribution >= 0.6 is 0 Å². The molecule has 0 saturated heterocycles. The van der Waals surface area contributed by atoms with Gasteiger partial charge < -0.3 is 11.1 Å². The highest BCUT2D eigenvalue weighted by molar-refractivity contribution is 5.84. The smallest absolute Gasteiger partial charge is 0.227 e. The normalized spacial score (nSPS) is 27.4. The zero-order chi connectivity index (χ0) is 13.9. The first-order chi connectivity index (χ1) is 9.05. The average Bonchev–Trinajstić information content (AvgIpc) is 2.35. The van der Waals surface area contributed by atoms with Gasteiger partial charge in [0.05, 0.1) is 5.41 Å². The van der Waals surface area contributed by atoms with E-state index in [-0.39, 0.29) is 17.4 Å². The Labute approximate surface area is 115 Å². The van der Waals surface area contributed by atoms with Crippen molar-refractivity contribution in [2.75, 3.05) is 6.54 Å². The average molecular weight is 260 g/mol. The van der Waals surface area contributed by atoms with E-state index in [1.807, 2.05) is 18.2 Å². The molecule has 3 N–H and O–H groups in total. The number of nitrogens with one attached hydrogen (secondary N) is 1. The number of hydrogen-bond acceptors (Lipinski definition) is 2. The molecule has 1 saturated carbocycles. The molecule has 3 heteroatoms. The quantitative estimate of drug-likeness (QED) is 0.852. The summed E-state index contributed by atoms with van der Waals surface area (Å²) >= 11 is 0. The standard InChI is InChI=1S/C16H24N2O/c1-12-9-16(10-12,11-17)15(19)18-13(2)8-14-6-4-3-5-7-14/h3-7,12-13H,8-11,17H2,1-2H3,(H,18,19). The van der Waals surface area contributed by atoms with Crippen LogP contribution in [0.4, 0.5) is 0 Å². The Morgan fingerprint density at radius 2 is 2.05 bits per heavy atom. The molecule has 1 aliphatic rings. The van der Waals surface area contributed by atoms with Gasteiger partial charge in [0.1, 0.15) is 0 Å². The predicted octanol–water partition coefficient (Wildman–Crippen LogP) is 2.11. The van der Waals surface area contributed by atoms with Gasteiger partial charge in [-0.05, 0) is 37.7 Å². The van der Waals surface area contributed by atoms with Gasteiger partial charge in [-0.1, -0.05) is 37.3 Å². The van der Waals surface area contributed by atoms with E-state index in [1.54, 1.807) is 0 Å². The number of nitrogens with two attached hydrogens (primary N) is 1. The van der Waals surface area contributed by atoms with E-state index in [4.69, 9.17) is 5.73 Å². The summed E-state index contributed by atoms with van der Waals surface area (Å²) in [6.45, 7) is 4.69. The van der Waals surface area contributed by atoms with Gasteiger partial charge in [0.15, 0.2) is 0 Å². The van der Waals surface area contributed by atoms with E-state index in [2.05, 4.69) is 31.3 Å². The van der Waals surface area contributed by atoms with Crippen molar-refractivity contribution in [1.29, 1.82) is 0 Å². The van der Waals surface area contributed by atoms with Crippen molar-refractivity contribution in [2.45, 2.75) is 39.2 Å². The lowest BCUT2D eigenvalue weighted by atomic mass is 9.62. The zero-order valence-corrected chi connectivity index (χ0v) is 11.9. The number of benzene rings is 1. The van der Waals surface area contributed by atoms with Crippen LogP contribution in [0, 0.1) is 11.3 Å². The fraction of sp³-hybridized carbons (Fsp3) is 0.562. The lowest BCUT2D eigenvalue weighted by Gasteiger charge is -2.44. The van der Waals surface area contributed by atoms with Crippen molar-refractivity contribution in [2.24, 2.45) is 17.1 Å². The summed E-state index contributed by atoms with van der Waals surface area (Å²) < 4.78 is 0. The molecule has 2 rings (SSSR count). The monoisotopic (exact) mass is 260 g/mol. The Bertz CT molecular complexity index is 424. The Morgan fingerprint density at radius 3 is 2.58 bits per heavy atom. The van der Waals surface area contributed by atoms with Crippen LogP contribution in [-0.4, -0.2) is 18.5 Å². The van der Waals surface area contributed by atoms with Crippen LogP contribution < -0.4 is 11.1 Å². The second-order valence-corrected chi connectivity index (χ2v) is 6.06. The van der Waals surface area contributed by atoms with E-state index in [0.29, 0.717) is 12.5 Å². The van der Waals surface area contributed by atoms with Gasteiger partial charge in [0.25, 0.3) is 0 Å². The Kier molecular flexibility index (Phi) is 4.25. The highest BCUT2D eigenvalue weighted by Gasteiger charge is 2.47. The van der Waals surface area contributed by atoms with Gasteiger partial charge in [-0.25, -0.2) is 0 Å². The van der Waals surface area contributed by atoms with Gasteiger partial charge in [0, 0.05) is 12.6 Å². The molecule has 1 amide bonds. The topological polar surface area (TPSA) is 55.1 Å². The number of hydrogen-bond donors (Lipinski definition) is 2. The molecule has 3 nitrogen and oxygen atoms in total. The molecule has 104 valence electrons.